The van der Waals surface area contributed by atoms with E-state index in [4.69, 9.17) is 9.47 Å². The summed E-state index contributed by atoms with van der Waals surface area (Å²) in [5.41, 5.74) is 0.562. The lowest BCUT2D eigenvalue weighted by molar-refractivity contribution is 0.00480. The van der Waals surface area contributed by atoms with Crippen molar-refractivity contribution in [2.75, 3.05) is 6.61 Å². The molecule has 0 spiro atoms. The SMILES string of the molecule is O=C(OC1CCCO/C1=C\Br)c1ccccc1. The van der Waals surface area contributed by atoms with Gasteiger partial charge in [0.25, 0.3) is 0 Å². The van der Waals surface area contributed by atoms with Crippen molar-refractivity contribution < 1.29 is 14.3 Å². The molecule has 1 fully saturated rings. The second kappa shape index (κ2) is 5.87. The van der Waals surface area contributed by atoms with Gasteiger partial charge in [0.15, 0.2) is 6.10 Å². The van der Waals surface area contributed by atoms with E-state index in [-0.39, 0.29) is 12.1 Å². The maximum absolute atomic E-state index is 11.9. The number of carbonyl (C=O) groups excluding carboxylic acids is 1. The molecule has 0 aromatic heterocycles. The number of carbonyl (C=O) groups is 1. The highest BCUT2D eigenvalue weighted by Gasteiger charge is 2.24. The Morgan fingerprint density at radius 1 is 1.41 bits per heavy atom. The molecule has 0 aliphatic carbocycles. The summed E-state index contributed by atoms with van der Waals surface area (Å²) in [7, 11) is 0. The number of ether oxygens (including phenoxy) is 2. The van der Waals surface area contributed by atoms with Crippen LogP contribution in [0.4, 0.5) is 0 Å². The van der Waals surface area contributed by atoms with E-state index in [0.29, 0.717) is 17.9 Å². The highest BCUT2D eigenvalue weighted by molar-refractivity contribution is 9.11. The van der Waals surface area contributed by atoms with Gasteiger partial charge in [0, 0.05) is 4.99 Å². The molecule has 1 heterocycles. The van der Waals surface area contributed by atoms with Gasteiger partial charge in [0.1, 0.15) is 5.76 Å². The Kier molecular flexibility index (Phi) is 4.20. The van der Waals surface area contributed by atoms with Crippen LogP contribution < -0.4 is 0 Å². The summed E-state index contributed by atoms with van der Waals surface area (Å²) < 4.78 is 10.8. The molecule has 17 heavy (non-hydrogen) atoms. The lowest BCUT2D eigenvalue weighted by Gasteiger charge is -2.25. The van der Waals surface area contributed by atoms with Gasteiger partial charge in [0.2, 0.25) is 0 Å². The molecule has 0 saturated carbocycles. The fourth-order valence-electron chi connectivity index (χ4n) is 1.68. The molecule has 0 N–H and O–H groups in total. The van der Waals surface area contributed by atoms with Crippen molar-refractivity contribution in [3.05, 3.63) is 46.6 Å². The molecule has 3 nitrogen and oxygen atoms in total. The van der Waals surface area contributed by atoms with Crippen molar-refractivity contribution in [1.82, 2.24) is 0 Å². The van der Waals surface area contributed by atoms with E-state index in [0.717, 1.165) is 12.8 Å². The summed E-state index contributed by atoms with van der Waals surface area (Å²) >= 11 is 3.22. The number of hydrogen-bond donors (Lipinski definition) is 0. The lowest BCUT2D eigenvalue weighted by atomic mass is 10.1. The van der Waals surface area contributed by atoms with E-state index in [1.165, 1.54) is 0 Å². The summed E-state index contributed by atoms with van der Waals surface area (Å²) in [6.45, 7) is 0.677. The van der Waals surface area contributed by atoms with E-state index in [2.05, 4.69) is 15.9 Å². The van der Waals surface area contributed by atoms with E-state index in [1.807, 2.05) is 18.2 Å². The third-order valence-corrected chi connectivity index (χ3v) is 3.01. The van der Waals surface area contributed by atoms with Gasteiger partial charge in [-0.3, -0.25) is 0 Å². The molecule has 1 aliphatic rings. The first-order valence-electron chi connectivity index (χ1n) is 5.50. The largest absolute Gasteiger partial charge is 0.493 e. The molecule has 1 saturated heterocycles. The van der Waals surface area contributed by atoms with Crippen molar-refractivity contribution in [2.24, 2.45) is 0 Å². The highest BCUT2D eigenvalue weighted by atomic mass is 79.9. The van der Waals surface area contributed by atoms with E-state index >= 15 is 0 Å². The zero-order valence-electron chi connectivity index (χ0n) is 9.27. The number of hydrogen-bond acceptors (Lipinski definition) is 3. The molecular weight excluding hydrogens is 284 g/mol. The molecule has 0 amide bonds. The Morgan fingerprint density at radius 2 is 2.18 bits per heavy atom. The Labute approximate surface area is 109 Å². The van der Waals surface area contributed by atoms with Crippen LogP contribution >= 0.6 is 15.9 Å². The molecule has 1 aliphatic heterocycles. The summed E-state index contributed by atoms with van der Waals surface area (Å²) in [5.74, 6) is 0.369. The minimum atomic E-state index is -0.312. The average Bonchev–Trinajstić information content (AvgIpc) is 2.40. The maximum atomic E-state index is 11.9. The molecule has 1 aromatic rings. The van der Waals surface area contributed by atoms with Crippen LogP contribution in [-0.4, -0.2) is 18.7 Å². The Morgan fingerprint density at radius 3 is 2.88 bits per heavy atom. The fraction of sp³-hybridized carbons (Fsp3) is 0.308. The van der Waals surface area contributed by atoms with Gasteiger partial charge < -0.3 is 9.47 Å². The van der Waals surface area contributed by atoms with Crippen LogP contribution in [0, 0.1) is 0 Å². The summed E-state index contributed by atoms with van der Waals surface area (Å²) in [5, 5.41) is 0. The van der Waals surface area contributed by atoms with Gasteiger partial charge in [-0.25, -0.2) is 4.79 Å². The van der Waals surface area contributed by atoms with Crippen LogP contribution in [0.15, 0.2) is 41.1 Å². The first kappa shape index (κ1) is 12.2. The third-order valence-electron chi connectivity index (χ3n) is 2.56. The van der Waals surface area contributed by atoms with Crippen molar-refractivity contribution in [2.45, 2.75) is 18.9 Å². The van der Waals surface area contributed by atoms with Crippen molar-refractivity contribution in [3.8, 4) is 0 Å². The molecule has 0 radical (unpaired) electrons. The maximum Gasteiger partial charge on any atom is 0.338 e. The van der Waals surface area contributed by atoms with Gasteiger partial charge in [-0.2, -0.15) is 0 Å². The highest BCUT2D eigenvalue weighted by Crippen LogP contribution is 2.22. The van der Waals surface area contributed by atoms with Gasteiger partial charge in [-0.05, 0) is 25.0 Å². The molecule has 4 heteroatoms. The van der Waals surface area contributed by atoms with E-state index in [1.54, 1.807) is 17.1 Å². The summed E-state index contributed by atoms with van der Waals surface area (Å²) in [4.78, 5) is 13.5. The molecule has 1 aromatic carbocycles. The monoisotopic (exact) mass is 296 g/mol. The van der Waals surface area contributed by atoms with Gasteiger partial charge in [-0.1, -0.05) is 34.1 Å². The smallest absolute Gasteiger partial charge is 0.338 e. The zero-order valence-corrected chi connectivity index (χ0v) is 10.9. The van der Waals surface area contributed by atoms with E-state index in [9.17, 15) is 4.79 Å². The predicted molar refractivity (Wildman–Crippen MR) is 67.8 cm³/mol. The number of rotatable bonds is 2. The Bertz CT molecular complexity index is 414. The van der Waals surface area contributed by atoms with Crippen LogP contribution in [0.2, 0.25) is 0 Å². The molecule has 0 bridgehead atoms. The quantitative estimate of drug-likeness (QED) is 0.786. The number of halogens is 1. The van der Waals surface area contributed by atoms with Crippen LogP contribution in [-0.2, 0) is 9.47 Å². The molecule has 90 valence electrons. The lowest BCUT2D eigenvalue weighted by Crippen LogP contribution is -2.26. The van der Waals surface area contributed by atoms with Crippen molar-refractivity contribution in [1.29, 1.82) is 0 Å². The number of esters is 1. The van der Waals surface area contributed by atoms with Crippen LogP contribution in [0.25, 0.3) is 0 Å². The third kappa shape index (κ3) is 3.09. The average molecular weight is 297 g/mol. The fourth-order valence-corrected chi connectivity index (χ4v) is 2.11. The van der Waals surface area contributed by atoms with Crippen molar-refractivity contribution >= 4 is 21.9 Å². The molecule has 1 unspecified atom stereocenters. The minimum Gasteiger partial charge on any atom is -0.493 e. The standard InChI is InChI=1S/C13H13BrO3/c14-9-12-11(7-4-8-16-12)17-13(15)10-5-2-1-3-6-10/h1-3,5-6,9,11H,4,7-8H2/b12-9-. The van der Waals surface area contributed by atoms with Gasteiger partial charge >= 0.3 is 5.97 Å². The normalized spacial score (nSPS) is 21.9. The zero-order chi connectivity index (χ0) is 12.1. The first-order chi connectivity index (χ1) is 8.31. The summed E-state index contributed by atoms with van der Waals surface area (Å²) in [6.07, 6.45) is 1.42. The van der Waals surface area contributed by atoms with Crippen LogP contribution in [0.1, 0.15) is 23.2 Å². The molecule has 2 rings (SSSR count). The second-order valence-corrected chi connectivity index (χ2v) is 4.22. The Balaban J connectivity index is 2.03. The Hall–Kier alpha value is -1.29. The van der Waals surface area contributed by atoms with Crippen LogP contribution in [0.3, 0.4) is 0 Å². The molecule has 1 atom stereocenters. The number of benzene rings is 1. The predicted octanol–water partition coefficient (Wildman–Crippen LogP) is 3.26. The van der Waals surface area contributed by atoms with Gasteiger partial charge in [0.05, 0.1) is 12.2 Å². The van der Waals surface area contributed by atoms with E-state index < -0.39 is 0 Å². The van der Waals surface area contributed by atoms with Gasteiger partial charge in [-0.15, -0.1) is 0 Å². The van der Waals surface area contributed by atoms with Crippen molar-refractivity contribution in [3.63, 3.8) is 0 Å². The molecular formula is C13H13BrO3. The first-order valence-corrected chi connectivity index (χ1v) is 6.42. The summed E-state index contributed by atoms with van der Waals surface area (Å²) in [6, 6.07) is 8.97. The van der Waals surface area contributed by atoms with Crippen LogP contribution in [0.5, 0.6) is 0 Å². The second-order valence-electron chi connectivity index (χ2n) is 3.76. The minimum absolute atomic E-state index is 0.282. The topological polar surface area (TPSA) is 35.5 Å².